The van der Waals surface area contributed by atoms with Crippen LogP contribution in [0.25, 0.3) is 11.1 Å². The molecule has 1 aliphatic carbocycles. The predicted octanol–water partition coefficient (Wildman–Crippen LogP) is 4.18. The van der Waals surface area contributed by atoms with Crippen LogP contribution in [0.2, 0.25) is 5.02 Å². The number of pyridine rings is 1. The quantitative estimate of drug-likeness (QED) is 0.418. The van der Waals surface area contributed by atoms with Gasteiger partial charge in [-0.1, -0.05) is 54.1 Å². The number of amides is 1. The van der Waals surface area contributed by atoms with Crippen LogP contribution in [-0.4, -0.2) is 37.4 Å². The number of nitrogens with one attached hydrogen (secondary N) is 1. The molecule has 1 amide bonds. The van der Waals surface area contributed by atoms with Gasteiger partial charge in [0.15, 0.2) is 6.10 Å². The third-order valence-electron chi connectivity index (χ3n) is 7.38. The van der Waals surface area contributed by atoms with E-state index in [0.717, 1.165) is 35.2 Å². The van der Waals surface area contributed by atoms with Gasteiger partial charge in [-0.15, -0.1) is 0 Å². The number of halogens is 1. The van der Waals surface area contributed by atoms with Crippen LogP contribution < -0.4 is 5.56 Å². The summed E-state index contributed by atoms with van der Waals surface area (Å²) >= 11 is 6.11. The summed E-state index contributed by atoms with van der Waals surface area (Å²) < 4.78 is 0. The van der Waals surface area contributed by atoms with E-state index >= 15 is 0 Å². The third-order valence-corrected chi connectivity index (χ3v) is 7.61. The SMILES string of the molecule is O=C(C(O)c1cncc(-c2cccc(Cl)c2)c1)N1CCc2nc(C3(c4ccccc4)CC3)[nH]c(=O)c2C1. The van der Waals surface area contributed by atoms with Crippen LogP contribution in [0, 0.1) is 0 Å². The first-order valence-corrected chi connectivity index (χ1v) is 12.7. The molecule has 6 rings (SSSR count). The van der Waals surface area contributed by atoms with Gasteiger partial charge >= 0.3 is 0 Å². The first-order chi connectivity index (χ1) is 17.9. The molecule has 2 aromatic carbocycles. The number of H-pyrrole nitrogens is 1. The Bertz CT molecular complexity index is 1550. The van der Waals surface area contributed by atoms with E-state index in [1.807, 2.05) is 30.3 Å². The van der Waals surface area contributed by atoms with Crippen LogP contribution in [0.3, 0.4) is 0 Å². The maximum absolute atomic E-state index is 13.2. The van der Waals surface area contributed by atoms with Gasteiger partial charge in [-0.05, 0) is 42.2 Å². The summed E-state index contributed by atoms with van der Waals surface area (Å²) in [6.07, 6.45) is 4.08. The topological polar surface area (TPSA) is 99.2 Å². The summed E-state index contributed by atoms with van der Waals surface area (Å²) in [4.78, 5) is 39.9. The van der Waals surface area contributed by atoms with Gasteiger partial charge in [0.25, 0.3) is 11.5 Å². The van der Waals surface area contributed by atoms with Crippen molar-refractivity contribution < 1.29 is 9.90 Å². The van der Waals surface area contributed by atoms with Crippen molar-refractivity contribution in [1.82, 2.24) is 19.9 Å². The summed E-state index contributed by atoms with van der Waals surface area (Å²) in [5, 5.41) is 11.5. The lowest BCUT2D eigenvalue weighted by molar-refractivity contribution is -0.141. The van der Waals surface area contributed by atoms with Crippen LogP contribution in [0.5, 0.6) is 0 Å². The van der Waals surface area contributed by atoms with E-state index in [2.05, 4.69) is 22.1 Å². The van der Waals surface area contributed by atoms with Gasteiger partial charge in [0.1, 0.15) is 5.82 Å². The van der Waals surface area contributed by atoms with E-state index in [-0.39, 0.29) is 17.5 Å². The number of aromatic amines is 1. The summed E-state index contributed by atoms with van der Waals surface area (Å²) in [5.41, 5.74) is 3.87. The van der Waals surface area contributed by atoms with Crippen LogP contribution in [0.1, 0.15) is 47.2 Å². The number of rotatable bonds is 5. The van der Waals surface area contributed by atoms with Crippen molar-refractivity contribution >= 4 is 17.5 Å². The zero-order valence-corrected chi connectivity index (χ0v) is 20.8. The molecule has 7 nitrogen and oxygen atoms in total. The Morgan fingerprint density at radius 3 is 2.62 bits per heavy atom. The summed E-state index contributed by atoms with van der Waals surface area (Å²) in [7, 11) is 0. The molecule has 2 aliphatic rings. The summed E-state index contributed by atoms with van der Waals surface area (Å²) in [6.45, 7) is 0.478. The minimum atomic E-state index is -1.40. The first kappa shape index (κ1) is 23.6. The van der Waals surface area contributed by atoms with Crippen molar-refractivity contribution in [1.29, 1.82) is 0 Å². The minimum absolute atomic E-state index is 0.105. The number of aliphatic hydroxyl groups is 1. The fourth-order valence-electron chi connectivity index (χ4n) is 5.13. The number of benzene rings is 2. The number of carbonyl (C=O) groups is 1. The number of fused-ring (bicyclic) bond motifs is 1. The van der Waals surface area contributed by atoms with Crippen LogP contribution >= 0.6 is 11.6 Å². The number of aliphatic hydroxyl groups excluding tert-OH is 1. The molecule has 0 radical (unpaired) electrons. The number of aromatic nitrogens is 3. The van der Waals surface area contributed by atoms with E-state index in [4.69, 9.17) is 16.6 Å². The number of carbonyl (C=O) groups excluding carboxylic acids is 1. The van der Waals surface area contributed by atoms with Gasteiger partial charge in [0.05, 0.1) is 23.2 Å². The number of hydrogen-bond donors (Lipinski definition) is 2. The number of nitrogens with zero attached hydrogens (tertiary/aromatic N) is 3. The summed E-state index contributed by atoms with van der Waals surface area (Å²) in [5.74, 6) is 0.230. The van der Waals surface area contributed by atoms with E-state index in [1.54, 1.807) is 24.4 Å². The molecule has 1 aliphatic heterocycles. The summed E-state index contributed by atoms with van der Waals surface area (Å²) in [6, 6.07) is 19.2. The molecule has 37 heavy (non-hydrogen) atoms. The predicted molar refractivity (Wildman–Crippen MR) is 140 cm³/mol. The van der Waals surface area contributed by atoms with Crippen LogP contribution in [0.15, 0.2) is 77.9 Å². The molecule has 4 aromatic rings. The Labute approximate surface area is 218 Å². The molecule has 0 spiro atoms. The van der Waals surface area contributed by atoms with Crippen molar-refractivity contribution in [3.05, 3.63) is 117 Å². The van der Waals surface area contributed by atoms with Crippen molar-refractivity contribution in [3.8, 4) is 11.1 Å². The second-order valence-electron chi connectivity index (χ2n) is 9.72. The zero-order chi connectivity index (χ0) is 25.6. The van der Waals surface area contributed by atoms with E-state index < -0.39 is 12.0 Å². The highest BCUT2D eigenvalue weighted by Crippen LogP contribution is 2.51. The molecule has 1 unspecified atom stereocenters. The Balaban J connectivity index is 1.23. The van der Waals surface area contributed by atoms with Gasteiger partial charge in [-0.2, -0.15) is 0 Å². The van der Waals surface area contributed by atoms with Gasteiger partial charge in [0, 0.05) is 41.5 Å². The van der Waals surface area contributed by atoms with E-state index in [9.17, 15) is 14.7 Å². The smallest absolute Gasteiger partial charge is 0.256 e. The Hall–Kier alpha value is -3.81. The van der Waals surface area contributed by atoms with Gasteiger partial charge in [0.2, 0.25) is 0 Å². The lowest BCUT2D eigenvalue weighted by atomic mass is 9.94. The Kier molecular flexibility index (Phi) is 5.89. The molecule has 2 N–H and O–H groups in total. The molecule has 1 fully saturated rings. The standard InChI is InChI=1S/C29H25ClN4O3/c30-22-8-4-5-18(14-22)19-13-20(16-31-15-19)25(35)27(37)34-12-9-24-23(17-34)26(36)33-28(32-24)29(10-11-29)21-6-2-1-3-7-21/h1-8,13-16,25,35H,9-12,17H2,(H,32,33,36). The number of hydrogen-bond acceptors (Lipinski definition) is 5. The lowest BCUT2D eigenvalue weighted by Crippen LogP contribution is -2.42. The Morgan fingerprint density at radius 1 is 1.05 bits per heavy atom. The second kappa shape index (κ2) is 9.25. The molecule has 0 saturated heterocycles. The highest BCUT2D eigenvalue weighted by atomic mass is 35.5. The van der Waals surface area contributed by atoms with Crippen LogP contribution in [0.4, 0.5) is 0 Å². The molecular weight excluding hydrogens is 488 g/mol. The van der Waals surface area contributed by atoms with Crippen LogP contribution in [-0.2, 0) is 23.2 Å². The first-order valence-electron chi connectivity index (χ1n) is 12.3. The zero-order valence-electron chi connectivity index (χ0n) is 20.0. The molecule has 8 heteroatoms. The third kappa shape index (κ3) is 4.34. The fraction of sp³-hybridized carbons (Fsp3) is 0.241. The molecular formula is C29H25ClN4O3. The van der Waals surface area contributed by atoms with Crippen molar-refractivity contribution in [2.45, 2.75) is 37.3 Å². The average Bonchev–Trinajstić information content (AvgIpc) is 3.75. The molecule has 3 heterocycles. The maximum Gasteiger partial charge on any atom is 0.256 e. The molecule has 1 atom stereocenters. The van der Waals surface area contributed by atoms with Gasteiger partial charge < -0.3 is 15.0 Å². The second-order valence-corrected chi connectivity index (χ2v) is 10.2. The Morgan fingerprint density at radius 2 is 1.86 bits per heavy atom. The van der Waals surface area contributed by atoms with E-state index in [1.165, 1.54) is 11.1 Å². The van der Waals surface area contributed by atoms with E-state index in [0.29, 0.717) is 34.9 Å². The fourth-order valence-corrected chi connectivity index (χ4v) is 5.32. The van der Waals surface area contributed by atoms with Crippen molar-refractivity contribution in [2.75, 3.05) is 6.54 Å². The molecule has 186 valence electrons. The molecule has 2 aromatic heterocycles. The highest BCUT2D eigenvalue weighted by Gasteiger charge is 2.48. The van der Waals surface area contributed by atoms with Gasteiger partial charge in [-0.25, -0.2) is 4.98 Å². The normalized spacial score (nSPS) is 16.6. The monoisotopic (exact) mass is 512 g/mol. The minimum Gasteiger partial charge on any atom is -0.378 e. The highest BCUT2D eigenvalue weighted by molar-refractivity contribution is 6.30. The average molecular weight is 513 g/mol. The molecule has 0 bridgehead atoms. The largest absolute Gasteiger partial charge is 0.378 e. The van der Waals surface area contributed by atoms with Gasteiger partial charge in [-0.3, -0.25) is 14.6 Å². The van der Waals surface area contributed by atoms with Crippen molar-refractivity contribution in [2.24, 2.45) is 0 Å². The van der Waals surface area contributed by atoms with Crippen molar-refractivity contribution in [3.63, 3.8) is 0 Å². The maximum atomic E-state index is 13.2. The molecule has 1 saturated carbocycles. The lowest BCUT2D eigenvalue weighted by Gasteiger charge is -2.30.